The van der Waals surface area contributed by atoms with E-state index in [1.807, 2.05) is 0 Å². The number of para-hydroxylation sites is 2. The van der Waals surface area contributed by atoms with Gasteiger partial charge in [-0.05, 0) is 36.8 Å². The van der Waals surface area contributed by atoms with E-state index in [0.717, 1.165) is 0 Å². The summed E-state index contributed by atoms with van der Waals surface area (Å²) < 4.78 is 47.3. The van der Waals surface area contributed by atoms with Crippen LogP contribution in [-0.2, 0) is 15.9 Å². The first-order valence-corrected chi connectivity index (χ1v) is 7.96. The van der Waals surface area contributed by atoms with Crippen molar-refractivity contribution in [1.82, 2.24) is 0 Å². The van der Waals surface area contributed by atoms with Crippen LogP contribution in [0, 0.1) is 5.82 Å². The van der Waals surface area contributed by atoms with Gasteiger partial charge < -0.3 is 8.92 Å². The minimum Gasteiger partial charge on any atom is -0.490 e. The van der Waals surface area contributed by atoms with Gasteiger partial charge in [0.05, 0.1) is 6.61 Å². The van der Waals surface area contributed by atoms with E-state index in [9.17, 15) is 12.8 Å². The molecule has 0 aromatic heterocycles. The van der Waals surface area contributed by atoms with Crippen LogP contribution in [0.4, 0.5) is 4.39 Å². The zero-order valence-electron chi connectivity index (χ0n) is 11.5. The van der Waals surface area contributed by atoms with Crippen LogP contribution in [0.3, 0.4) is 0 Å². The zero-order chi connectivity index (χ0) is 15.3. The van der Waals surface area contributed by atoms with E-state index in [2.05, 4.69) is 0 Å². The maximum Gasteiger partial charge on any atom is 0.313 e. The third kappa shape index (κ3) is 4.46. The molecule has 0 unspecified atom stereocenters. The van der Waals surface area contributed by atoms with Gasteiger partial charge in [-0.1, -0.05) is 24.3 Å². The fourth-order valence-electron chi connectivity index (χ4n) is 1.74. The number of hydrogen-bond acceptors (Lipinski definition) is 4. The number of benzene rings is 2. The fourth-order valence-corrected chi connectivity index (χ4v) is 2.82. The summed E-state index contributed by atoms with van der Waals surface area (Å²) in [4.78, 5) is 0. The van der Waals surface area contributed by atoms with Crippen molar-refractivity contribution in [3.05, 3.63) is 59.9 Å². The Labute approximate surface area is 123 Å². The van der Waals surface area contributed by atoms with Crippen molar-refractivity contribution in [3.8, 4) is 11.5 Å². The molecule has 0 N–H and O–H groups in total. The largest absolute Gasteiger partial charge is 0.490 e. The van der Waals surface area contributed by atoms with Crippen molar-refractivity contribution < 1.29 is 21.7 Å². The monoisotopic (exact) mass is 310 g/mol. The highest BCUT2D eigenvalue weighted by Gasteiger charge is 2.17. The molecule has 0 aliphatic heterocycles. The smallest absolute Gasteiger partial charge is 0.313 e. The average molecular weight is 310 g/mol. The molecule has 0 fully saturated rings. The second-order valence-corrected chi connectivity index (χ2v) is 5.86. The van der Waals surface area contributed by atoms with Gasteiger partial charge in [-0.25, -0.2) is 4.39 Å². The highest BCUT2D eigenvalue weighted by Crippen LogP contribution is 2.28. The molecule has 2 aromatic carbocycles. The Hall–Kier alpha value is -2.08. The van der Waals surface area contributed by atoms with Crippen molar-refractivity contribution in [1.29, 1.82) is 0 Å². The highest BCUT2D eigenvalue weighted by molar-refractivity contribution is 7.86. The Bertz CT molecular complexity index is 696. The first kappa shape index (κ1) is 15.3. The molecule has 0 bridgehead atoms. The second-order valence-electron chi connectivity index (χ2n) is 4.29. The molecule has 2 rings (SSSR count). The molecule has 21 heavy (non-hydrogen) atoms. The number of halogens is 1. The highest BCUT2D eigenvalue weighted by atomic mass is 32.2. The zero-order valence-corrected chi connectivity index (χ0v) is 12.3. The normalized spacial score (nSPS) is 11.1. The maximum atomic E-state index is 12.8. The van der Waals surface area contributed by atoms with E-state index in [1.54, 1.807) is 25.1 Å². The van der Waals surface area contributed by atoms with Crippen molar-refractivity contribution in [2.75, 3.05) is 6.61 Å². The maximum absolute atomic E-state index is 12.8. The molecule has 112 valence electrons. The summed E-state index contributed by atoms with van der Waals surface area (Å²) in [5.74, 6) is -0.254. The first-order valence-electron chi connectivity index (χ1n) is 6.38. The molecular formula is C15H15FO4S. The molecule has 0 amide bonds. The predicted molar refractivity (Wildman–Crippen MR) is 77.3 cm³/mol. The standard InChI is InChI=1S/C15H15FO4S/c1-2-19-14-5-3-4-6-15(14)20-21(17,18)11-12-7-9-13(16)10-8-12/h3-10H,2,11H2,1H3. The molecule has 0 saturated heterocycles. The molecule has 2 aromatic rings. The lowest BCUT2D eigenvalue weighted by molar-refractivity contribution is 0.327. The van der Waals surface area contributed by atoms with Gasteiger partial charge in [-0.2, -0.15) is 8.42 Å². The van der Waals surface area contributed by atoms with Crippen molar-refractivity contribution in [2.45, 2.75) is 12.7 Å². The van der Waals surface area contributed by atoms with Crippen LogP contribution in [0.2, 0.25) is 0 Å². The van der Waals surface area contributed by atoms with Crippen LogP contribution in [0.15, 0.2) is 48.5 Å². The number of hydrogen-bond donors (Lipinski definition) is 0. The van der Waals surface area contributed by atoms with Gasteiger partial charge in [-0.3, -0.25) is 0 Å². The van der Waals surface area contributed by atoms with E-state index in [1.165, 1.54) is 30.3 Å². The lowest BCUT2D eigenvalue weighted by Crippen LogP contribution is -2.13. The van der Waals surface area contributed by atoms with Crippen molar-refractivity contribution in [2.24, 2.45) is 0 Å². The summed E-state index contributed by atoms with van der Waals surface area (Å²) in [6.07, 6.45) is 0. The van der Waals surface area contributed by atoms with Crippen LogP contribution in [0.1, 0.15) is 12.5 Å². The molecule has 0 aliphatic carbocycles. The van der Waals surface area contributed by atoms with Gasteiger partial charge >= 0.3 is 10.1 Å². The third-order valence-corrected chi connectivity index (χ3v) is 3.74. The Balaban J connectivity index is 2.16. The second kappa shape index (κ2) is 6.58. The molecular weight excluding hydrogens is 295 g/mol. The minimum absolute atomic E-state index is 0.140. The first-order chi connectivity index (χ1) is 10.00. The van der Waals surface area contributed by atoms with Crippen LogP contribution in [0.25, 0.3) is 0 Å². The van der Waals surface area contributed by atoms with Gasteiger partial charge in [0.15, 0.2) is 11.5 Å². The summed E-state index contributed by atoms with van der Waals surface area (Å²) in [5, 5.41) is 0. The summed E-state index contributed by atoms with van der Waals surface area (Å²) >= 11 is 0. The lowest BCUT2D eigenvalue weighted by Gasteiger charge is -2.11. The molecule has 0 aliphatic rings. The fraction of sp³-hybridized carbons (Fsp3) is 0.200. The summed E-state index contributed by atoms with van der Waals surface area (Å²) in [7, 11) is -3.84. The number of ether oxygens (including phenoxy) is 1. The summed E-state index contributed by atoms with van der Waals surface area (Å²) in [6, 6.07) is 11.8. The van der Waals surface area contributed by atoms with Crippen molar-refractivity contribution in [3.63, 3.8) is 0 Å². The van der Waals surface area contributed by atoms with Crippen LogP contribution >= 0.6 is 0 Å². The average Bonchev–Trinajstić information content (AvgIpc) is 2.43. The molecule has 0 saturated carbocycles. The molecule has 4 nitrogen and oxygen atoms in total. The summed E-state index contributed by atoms with van der Waals surface area (Å²) in [6.45, 7) is 2.20. The molecule has 0 atom stereocenters. The SMILES string of the molecule is CCOc1ccccc1OS(=O)(=O)Cc1ccc(F)cc1. The quantitative estimate of drug-likeness (QED) is 0.769. The van der Waals surface area contributed by atoms with E-state index >= 15 is 0 Å². The summed E-state index contributed by atoms with van der Waals surface area (Å²) in [5.41, 5.74) is 0.449. The molecule has 0 radical (unpaired) electrons. The van der Waals surface area contributed by atoms with Gasteiger partial charge in [0.25, 0.3) is 0 Å². The molecule has 0 spiro atoms. The lowest BCUT2D eigenvalue weighted by atomic mass is 10.2. The van der Waals surface area contributed by atoms with Crippen LogP contribution in [0.5, 0.6) is 11.5 Å². The van der Waals surface area contributed by atoms with Gasteiger partial charge in [0, 0.05) is 0 Å². The Kier molecular flexibility index (Phi) is 4.80. The minimum atomic E-state index is -3.84. The molecule has 0 heterocycles. The van der Waals surface area contributed by atoms with Crippen LogP contribution in [-0.4, -0.2) is 15.0 Å². The Morgan fingerprint density at radius 1 is 1.00 bits per heavy atom. The number of rotatable bonds is 6. The Morgan fingerprint density at radius 2 is 1.62 bits per heavy atom. The molecule has 6 heteroatoms. The van der Waals surface area contributed by atoms with Gasteiger partial charge in [0.1, 0.15) is 11.6 Å². The van der Waals surface area contributed by atoms with Gasteiger partial charge in [0.2, 0.25) is 0 Å². The van der Waals surface area contributed by atoms with Crippen molar-refractivity contribution >= 4 is 10.1 Å². The van der Waals surface area contributed by atoms with E-state index < -0.39 is 15.9 Å². The van der Waals surface area contributed by atoms with Crippen LogP contribution < -0.4 is 8.92 Å². The van der Waals surface area contributed by atoms with E-state index in [4.69, 9.17) is 8.92 Å². The van der Waals surface area contributed by atoms with Gasteiger partial charge in [-0.15, -0.1) is 0 Å². The predicted octanol–water partition coefficient (Wildman–Crippen LogP) is 3.13. The topological polar surface area (TPSA) is 52.6 Å². The van der Waals surface area contributed by atoms with E-state index in [-0.39, 0.29) is 11.5 Å². The van der Waals surface area contributed by atoms with E-state index in [0.29, 0.717) is 17.9 Å². The Morgan fingerprint density at radius 3 is 2.24 bits per heavy atom. The third-order valence-electron chi connectivity index (χ3n) is 2.62.